The zero-order valence-electron chi connectivity index (χ0n) is 3.98. The summed E-state index contributed by atoms with van der Waals surface area (Å²) in [5.41, 5.74) is 5.00. The third-order valence-corrected chi connectivity index (χ3v) is 0.641. The van der Waals surface area contributed by atoms with E-state index in [0.29, 0.717) is 0 Å². The number of rotatable bonds is 0. The molecule has 5 nitrogen and oxygen atoms in total. The second-order valence-electron chi connectivity index (χ2n) is 1.17. The van der Waals surface area contributed by atoms with Gasteiger partial charge in [0.05, 0.1) is 6.20 Å². The Labute approximate surface area is 45.4 Å². The fourth-order valence-electron chi connectivity index (χ4n) is 0.309. The third-order valence-electron chi connectivity index (χ3n) is 0.641. The first kappa shape index (κ1) is 4.76. The van der Waals surface area contributed by atoms with E-state index < -0.39 is 0 Å². The lowest BCUT2D eigenvalue weighted by atomic mass is 10.9. The molecule has 0 saturated carbocycles. The van der Waals surface area contributed by atoms with Gasteiger partial charge in [0.2, 0.25) is 0 Å². The van der Waals surface area contributed by atoms with Gasteiger partial charge in [-0.2, -0.15) is 0 Å². The van der Waals surface area contributed by atoms with Crippen LogP contribution in [0.4, 0.5) is 5.95 Å². The molecule has 0 bridgehead atoms. The highest BCUT2D eigenvalue weighted by atomic mass is 16.5. The first-order chi connectivity index (χ1) is 3.80. The van der Waals surface area contributed by atoms with Crippen LogP contribution in [0.25, 0.3) is 0 Å². The largest absolute Gasteiger partial charge is 0.722 e. The van der Waals surface area contributed by atoms with Gasteiger partial charge in [0.25, 0.3) is 0 Å². The standard InChI is InChI=1S/C3H4N4O/c4-3-5-1-2-6-7(3)8/h1-2H,(H2,4,5). The van der Waals surface area contributed by atoms with Crippen LogP contribution in [0.5, 0.6) is 0 Å². The number of nitrogens with zero attached hydrogens (tertiary/aromatic N) is 3. The molecule has 0 amide bonds. The summed E-state index contributed by atoms with van der Waals surface area (Å²) in [6.45, 7) is 0. The molecule has 1 rings (SSSR count). The quantitative estimate of drug-likeness (QED) is 0.334. The minimum absolute atomic E-state index is 0.132. The predicted molar refractivity (Wildman–Crippen MR) is 25.4 cm³/mol. The fourth-order valence-corrected chi connectivity index (χ4v) is 0.309. The lowest BCUT2D eigenvalue weighted by Crippen LogP contribution is -2.35. The van der Waals surface area contributed by atoms with Crippen molar-refractivity contribution in [1.29, 1.82) is 0 Å². The van der Waals surface area contributed by atoms with Crippen molar-refractivity contribution in [3.63, 3.8) is 0 Å². The molecule has 0 fully saturated rings. The Bertz CT molecular complexity index is 167. The van der Waals surface area contributed by atoms with E-state index in [1.165, 1.54) is 12.4 Å². The molecule has 1 aromatic heterocycles. The first-order valence-electron chi connectivity index (χ1n) is 1.97. The topological polar surface area (TPSA) is 78.7 Å². The van der Waals surface area contributed by atoms with Gasteiger partial charge in [-0.25, -0.2) is 0 Å². The van der Waals surface area contributed by atoms with Crippen LogP contribution in [-0.2, 0) is 0 Å². The Hall–Kier alpha value is -1.39. The summed E-state index contributed by atoms with van der Waals surface area (Å²) in [7, 11) is 0. The Morgan fingerprint density at radius 1 is 1.62 bits per heavy atom. The lowest BCUT2D eigenvalue weighted by Gasteiger charge is -1.96. The summed E-state index contributed by atoms with van der Waals surface area (Å²) in [5.74, 6) is -0.132. The van der Waals surface area contributed by atoms with Gasteiger partial charge in [0.1, 0.15) is 6.20 Å². The van der Waals surface area contributed by atoms with Crippen molar-refractivity contribution in [2.75, 3.05) is 5.73 Å². The van der Waals surface area contributed by atoms with Crippen LogP contribution in [0.3, 0.4) is 0 Å². The van der Waals surface area contributed by atoms with Crippen molar-refractivity contribution in [2.45, 2.75) is 0 Å². The summed E-state index contributed by atoms with van der Waals surface area (Å²) < 4.78 is 0. The molecule has 0 aromatic carbocycles. The number of aromatic nitrogens is 3. The molecular weight excluding hydrogens is 108 g/mol. The summed E-state index contributed by atoms with van der Waals surface area (Å²) in [6.07, 6.45) is 2.62. The predicted octanol–water partition coefficient (Wildman–Crippen LogP) is -1.31. The Morgan fingerprint density at radius 3 is 2.75 bits per heavy atom. The first-order valence-corrected chi connectivity index (χ1v) is 1.97. The maximum absolute atomic E-state index is 10.2. The van der Waals surface area contributed by atoms with Gasteiger partial charge in [-0.15, -0.1) is 9.94 Å². The van der Waals surface area contributed by atoms with Crippen molar-refractivity contribution in [3.05, 3.63) is 17.6 Å². The molecule has 0 aliphatic rings. The number of hydrogen-bond acceptors (Lipinski definition) is 4. The lowest BCUT2D eigenvalue weighted by molar-refractivity contribution is -0.657. The van der Waals surface area contributed by atoms with Gasteiger partial charge in [0, 0.05) is 0 Å². The summed E-state index contributed by atoms with van der Waals surface area (Å²) in [4.78, 5) is 3.69. The van der Waals surface area contributed by atoms with Crippen molar-refractivity contribution in [2.24, 2.45) is 0 Å². The Kier molecular flexibility index (Phi) is 0.957. The zero-order valence-corrected chi connectivity index (χ0v) is 3.98. The monoisotopic (exact) mass is 112 g/mol. The van der Waals surface area contributed by atoms with Crippen LogP contribution < -0.4 is 10.6 Å². The highest BCUT2D eigenvalue weighted by molar-refractivity contribution is 5.00. The molecule has 1 aromatic rings. The molecule has 8 heavy (non-hydrogen) atoms. The summed E-state index contributed by atoms with van der Waals surface area (Å²) in [5, 5.41) is 13.5. The normalized spacial score (nSPS) is 9.00. The van der Waals surface area contributed by atoms with Crippen molar-refractivity contribution in [3.8, 4) is 0 Å². The van der Waals surface area contributed by atoms with E-state index in [-0.39, 0.29) is 10.8 Å². The van der Waals surface area contributed by atoms with E-state index >= 15 is 0 Å². The van der Waals surface area contributed by atoms with E-state index in [2.05, 4.69) is 10.1 Å². The zero-order chi connectivity index (χ0) is 5.98. The van der Waals surface area contributed by atoms with Crippen LogP contribution in [0.2, 0.25) is 0 Å². The number of anilines is 1. The molecule has 1 heterocycles. The van der Waals surface area contributed by atoms with Gasteiger partial charge >= 0.3 is 5.95 Å². The molecule has 42 valence electrons. The number of nitrogens with two attached hydrogens (primary N) is 1. The van der Waals surface area contributed by atoms with Crippen molar-refractivity contribution < 1.29 is 4.85 Å². The summed E-state index contributed by atoms with van der Waals surface area (Å²) >= 11 is 0. The van der Waals surface area contributed by atoms with Gasteiger partial charge < -0.3 is 5.21 Å². The third kappa shape index (κ3) is 0.651. The SMILES string of the molecule is Nc1nccn[n+]1[O-]. The Balaban J connectivity index is 3.13. The average molecular weight is 112 g/mol. The molecule has 0 atom stereocenters. The molecule has 0 unspecified atom stereocenters. The molecule has 0 saturated heterocycles. The maximum Gasteiger partial charge on any atom is 0.409 e. The molecular formula is C3H4N4O. The van der Waals surface area contributed by atoms with Gasteiger partial charge in [-0.05, 0) is 0 Å². The molecule has 0 aliphatic heterocycles. The highest BCUT2D eigenvalue weighted by Gasteiger charge is 1.92. The van der Waals surface area contributed by atoms with Gasteiger partial charge in [-0.3, -0.25) is 5.73 Å². The summed E-state index contributed by atoms with van der Waals surface area (Å²) in [6, 6.07) is 0. The minimum Gasteiger partial charge on any atom is -0.722 e. The maximum atomic E-state index is 10.2. The minimum atomic E-state index is -0.132. The van der Waals surface area contributed by atoms with Gasteiger partial charge in [0.15, 0.2) is 0 Å². The number of hydrogen-bond donors (Lipinski definition) is 1. The second-order valence-corrected chi connectivity index (χ2v) is 1.17. The molecule has 0 aliphatic carbocycles. The van der Waals surface area contributed by atoms with Crippen LogP contribution in [-0.4, -0.2) is 10.1 Å². The Morgan fingerprint density at radius 2 is 2.38 bits per heavy atom. The van der Waals surface area contributed by atoms with Crippen LogP contribution in [0, 0.1) is 5.21 Å². The average Bonchev–Trinajstić information content (AvgIpc) is 1.77. The fraction of sp³-hybridized carbons (Fsp3) is 0. The highest BCUT2D eigenvalue weighted by Crippen LogP contribution is 1.75. The van der Waals surface area contributed by atoms with Crippen LogP contribution in [0.1, 0.15) is 0 Å². The molecule has 0 radical (unpaired) electrons. The van der Waals surface area contributed by atoms with Crippen molar-refractivity contribution in [1.82, 2.24) is 10.1 Å². The van der Waals surface area contributed by atoms with E-state index in [1.807, 2.05) is 0 Å². The van der Waals surface area contributed by atoms with E-state index in [0.717, 1.165) is 0 Å². The van der Waals surface area contributed by atoms with Crippen LogP contribution in [0.15, 0.2) is 12.4 Å². The van der Waals surface area contributed by atoms with Crippen molar-refractivity contribution >= 4 is 5.95 Å². The van der Waals surface area contributed by atoms with E-state index in [4.69, 9.17) is 5.73 Å². The molecule has 0 spiro atoms. The number of nitrogen functional groups attached to an aromatic ring is 1. The van der Waals surface area contributed by atoms with E-state index in [1.54, 1.807) is 0 Å². The van der Waals surface area contributed by atoms with E-state index in [9.17, 15) is 5.21 Å². The molecule has 5 heteroatoms. The van der Waals surface area contributed by atoms with Gasteiger partial charge in [-0.1, -0.05) is 4.98 Å². The smallest absolute Gasteiger partial charge is 0.409 e. The second kappa shape index (κ2) is 1.61. The molecule has 2 N–H and O–H groups in total. The van der Waals surface area contributed by atoms with Crippen LogP contribution >= 0.6 is 0 Å².